The molecule has 0 spiro atoms. The van der Waals surface area contributed by atoms with Crippen LogP contribution in [0.2, 0.25) is 0 Å². The van der Waals surface area contributed by atoms with Crippen molar-refractivity contribution in [3.63, 3.8) is 0 Å². The summed E-state index contributed by atoms with van der Waals surface area (Å²) >= 11 is 0. The number of carbonyl (C=O) groups excluding carboxylic acids is 1. The van der Waals surface area contributed by atoms with Crippen molar-refractivity contribution in [2.45, 2.75) is 63.8 Å². The maximum atomic E-state index is 13.0. The van der Waals surface area contributed by atoms with Crippen molar-refractivity contribution >= 4 is 5.91 Å². The van der Waals surface area contributed by atoms with Gasteiger partial charge in [0.05, 0.1) is 5.60 Å². The maximum Gasteiger partial charge on any atom is 0.244 e. The standard InChI is InChI=1S/C20H24N4O4/c1-12-21-13(2)23(22-12)10-19(25)24-15-4-5-16(24)9-20(26,8-15)14-3-6-17-18(7-14)28-11-27-17/h3,6-7,15-16,26H,4-5,8-11H2,1-2H3/t15-,16+,20?. The quantitative estimate of drug-likeness (QED) is 0.866. The highest BCUT2D eigenvalue weighted by molar-refractivity contribution is 5.77. The van der Waals surface area contributed by atoms with Gasteiger partial charge in [-0.15, -0.1) is 0 Å². The molecule has 1 unspecified atom stereocenters. The molecule has 2 bridgehead atoms. The molecule has 28 heavy (non-hydrogen) atoms. The van der Waals surface area contributed by atoms with E-state index in [1.807, 2.05) is 36.9 Å². The molecule has 3 aliphatic heterocycles. The van der Waals surface area contributed by atoms with Gasteiger partial charge in [0, 0.05) is 24.9 Å². The second kappa shape index (κ2) is 6.20. The average Bonchev–Trinajstić information content (AvgIpc) is 3.31. The predicted molar refractivity (Wildman–Crippen MR) is 98.8 cm³/mol. The lowest BCUT2D eigenvalue weighted by Gasteiger charge is -2.44. The van der Waals surface area contributed by atoms with E-state index in [2.05, 4.69) is 10.1 Å². The Labute approximate surface area is 163 Å². The zero-order chi connectivity index (χ0) is 19.5. The molecule has 1 aromatic carbocycles. The van der Waals surface area contributed by atoms with Gasteiger partial charge in [0.15, 0.2) is 11.5 Å². The van der Waals surface area contributed by atoms with E-state index in [0.717, 1.165) is 24.2 Å². The molecule has 8 nitrogen and oxygen atoms in total. The largest absolute Gasteiger partial charge is 0.454 e. The van der Waals surface area contributed by atoms with Crippen LogP contribution in [0.4, 0.5) is 0 Å². The van der Waals surface area contributed by atoms with E-state index < -0.39 is 5.60 Å². The van der Waals surface area contributed by atoms with Crippen LogP contribution >= 0.6 is 0 Å². The topological polar surface area (TPSA) is 89.7 Å². The minimum atomic E-state index is -0.955. The Bertz CT molecular complexity index is 926. The zero-order valence-corrected chi connectivity index (χ0v) is 16.1. The Morgan fingerprint density at radius 2 is 1.93 bits per heavy atom. The fourth-order valence-corrected chi connectivity index (χ4v) is 4.97. The van der Waals surface area contributed by atoms with Crippen LogP contribution in [0.3, 0.4) is 0 Å². The van der Waals surface area contributed by atoms with Gasteiger partial charge in [-0.25, -0.2) is 9.67 Å². The number of hydrogen-bond donors (Lipinski definition) is 1. The monoisotopic (exact) mass is 384 g/mol. The molecular weight excluding hydrogens is 360 g/mol. The second-order valence-corrected chi connectivity index (χ2v) is 8.06. The van der Waals surface area contributed by atoms with Gasteiger partial charge in [-0.3, -0.25) is 4.79 Å². The number of piperidine rings is 1. The van der Waals surface area contributed by atoms with Gasteiger partial charge in [0.25, 0.3) is 0 Å². The van der Waals surface area contributed by atoms with Crippen molar-refractivity contribution in [3.05, 3.63) is 35.4 Å². The number of benzene rings is 1. The smallest absolute Gasteiger partial charge is 0.244 e. The Morgan fingerprint density at radius 1 is 1.21 bits per heavy atom. The van der Waals surface area contributed by atoms with Crippen molar-refractivity contribution in [2.75, 3.05) is 6.79 Å². The molecule has 2 fully saturated rings. The summed E-state index contributed by atoms with van der Waals surface area (Å²) in [7, 11) is 0. The van der Waals surface area contributed by atoms with Crippen LogP contribution in [0.5, 0.6) is 11.5 Å². The first-order chi connectivity index (χ1) is 13.4. The van der Waals surface area contributed by atoms with E-state index in [1.54, 1.807) is 4.68 Å². The van der Waals surface area contributed by atoms with Gasteiger partial charge < -0.3 is 19.5 Å². The third-order valence-electron chi connectivity index (χ3n) is 6.21. The van der Waals surface area contributed by atoms with Crippen molar-refractivity contribution in [2.24, 2.45) is 0 Å². The highest BCUT2D eigenvalue weighted by Gasteiger charge is 2.50. The molecule has 3 atom stereocenters. The average molecular weight is 384 g/mol. The number of amides is 1. The van der Waals surface area contributed by atoms with E-state index in [4.69, 9.17) is 9.47 Å². The van der Waals surface area contributed by atoms with Crippen LogP contribution in [0.25, 0.3) is 0 Å². The number of aryl methyl sites for hydroxylation is 2. The van der Waals surface area contributed by atoms with Gasteiger partial charge in [-0.2, -0.15) is 5.10 Å². The fraction of sp³-hybridized carbons (Fsp3) is 0.550. The van der Waals surface area contributed by atoms with Crippen molar-refractivity contribution in [1.29, 1.82) is 0 Å². The lowest BCUT2D eigenvalue weighted by atomic mass is 9.80. The van der Waals surface area contributed by atoms with Gasteiger partial charge in [-0.1, -0.05) is 6.07 Å². The summed E-state index contributed by atoms with van der Waals surface area (Å²) in [5.41, 5.74) is -0.118. The molecule has 3 aliphatic rings. The molecule has 1 N–H and O–H groups in total. The van der Waals surface area contributed by atoms with E-state index in [0.29, 0.717) is 30.2 Å². The summed E-state index contributed by atoms with van der Waals surface area (Å²) in [5.74, 6) is 2.85. The summed E-state index contributed by atoms with van der Waals surface area (Å²) in [6.07, 6.45) is 2.89. The number of aliphatic hydroxyl groups is 1. The molecule has 0 aliphatic carbocycles. The first kappa shape index (κ1) is 17.5. The summed E-state index contributed by atoms with van der Waals surface area (Å²) in [6.45, 7) is 4.09. The summed E-state index contributed by atoms with van der Waals surface area (Å²) in [6, 6.07) is 5.70. The number of carbonyl (C=O) groups is 1. The number of nitrogens with zero attached hydrogens (tertiary/aromatic N) is 4. The van der Waals surface area contributed by atoms with Crippen LogP contribution in [-0.4, -0.2) is 49.6 Å². The van der Waals surface area contributed by atoms with E-state index >= 15 is 0 Å². The van der Waals surface area contributed by atoms with E-state index in [-0.39, 0.29) is 31.3 Å². The van der Waals surface area contributed by atoms with Gasteiger partial charge in [-0.05, 0) is 44.4 Å². The molecule has 1 amide bonds. The molecule has 5 rings (SSSR count). The third-order valence-corrected chi connectivity index (χ3v) is 6.21. The molecule has 2 aromatic rings. The first-order valence-electron chi connectivity index (χ1n) is 9.75. The fourth-order valence-electron chi connectivity index (χ4n) is 4.97. The lowest BCUT2D eigenvalue weighted by molar-refractivity contribution is -0.142. The van der Waals surface area contributed by atoms with Crippen LogP contribution in [0.1, 0.15) is 42.9 Å². The minimum Gasteiger partial charge on any atom is -0.454 e. The Balaban J connectivity index is 1.36. The van der Waals surface area contributed by atoms with Crippen molar-refractivity contribution in [3.8, 4) is 11.5 Å². The Morgan fingerprint density at radius 3 is 2.61 bits per heavy atom. The van der Waals surface area contributed by atoms with Crippen LogP contribution < -0.4 is 9.47 Å². The van der Waals surface area contributed by atoms with Crippen LogP contribution in [0.15, 0.2) is 18.2 Å². The Hall–Kier alpha value is -2.61. The van der Waals surface area contributed by atoms with Crippen LogP contribution in [-0.2, 0) is 16.9 Å². The van der Waals surface area contributed by atoms with Gasteiger partial charge in [0.2, 0.25) is 12.7 Å². The number of rotatable bonds is 3. The molecule has 8 heteroatoms. The van der Waals surface area contributed by atoms with E-state index in [9.17, 15) is 9.90 Å². The molecule has 1 aromatic heterocycles. The molecular formula is C20H24N4O4. The molecule has 148 valence electrons. The zero-order valence-electron chi connectivity index (χ0n) is 16.1. The summed E-state index contributed by atoms with van der Waals surface area (Å²) in [4.78, 5) is 19.3. The highest BCUT2D eigenvalue weighted by atomic mass is 16.7. The van der Waals surface area contributed by atoms with E-state index in [1.165, 1.54) is 0 Å². The van der Waals surface area contributed by atoms with Gasteiger partial charge in [0.1, 0.15) is 18.2 Å². The summed E-state index contributed by atoms with van der Waals surface area (Å²) in [5, 5.41) is 15.7. The Kier molecular flexibility index (Phi) is 3.87. The second-order valence-electron chi connectivity index (χ2n) is 8.06. The number of aromatic nitrogens is 3. The first-order valence-corrected chi connectivity index (χ1v) is 9.75. The van der Waals surface area contributed by atoms with Crippen molar-refractivity contribution < 1.29 is 19.4 Å². The minimum absolute atomic E-state index is 0.0339. The maximum absolute atomic E-state index is 13.0. The molecule has 2 saturated heterocycles. The SMILES string of the molecule is Cc1nc(C)n(CC(=O)N2[C@@H]3CC[C@H]2CC(O)(c2ccc4c(c2)OCO4)C3)n1. The van der Waals surface area contributed by atoms with Crippen molar-refractivity contribution in [1.82, 2.24) is 19.7 Å². The summed E-state index contributed by atoms with van der Waals surface area (Å²) < 4.78 is 12.5. The molecule has 0 radical (unpaired) electrons. The predicted octanol–water partition coefficient (Wildman–Crippen LogP) is 1.66. The number of ether oxygens (including phenoxy) is 2. The number of fused-ring (bicyclic) bond motifs is 3. The third kappa shape index (κ3) is 2.74. The van der Waals surface area contributed by atoms with Crippen LogP contribution in [0, 0.1) is 13.8 Å². The number of hydrogen-bond acceptors (Lipinski definition) is 6. The van der Waals surface area contributed by atoms with Gasteiger partial charge >= 0.3 is 0 Å². The molecule has 4 heterocycles. The lowest BCUT2D eigenvalue weighted by Crippen LogP contribution is -2.52. The molecule has 0 saturated carbocycles. The highest BCUT2D eigenvalue weighted by Crippen LogP contribution is 2.47. The normalized spacial score (nSPS) is 28.0.